The van der Waals surface area contributed by atoms with E-state index in [0.717, 1.165) is 29.5 Å². The molecule has 0 aliphatic heterocycles. The number of azo groups is 1. The number of aryl methyl sites for hydroxylation is 1. The van der Waals surface area contributed by atoms with Crippen LogP contribution < -0.4 is 4.90 Å². The van der Waals surface area contributed by atoms with E-state index in [1.54, 1.807) is 0 Å². The number of benzene rings is 1. The third-order valence-electron chi connectivity index (χ3n) is 3.13. The van der Waals surface area contributed by atoms with E-state index >= 15 is 0 Å². The molecule has 0 aliphatic rings. The summed E-state index contributed by atoms with van der Waals surface area (Å²) in [5.74, 6) is 0. The zero-order chi connectivity index (χ0) is 15.2. The number of aromatic nitrogens is 2. The molecule has 0 atom stereocenters. The van der Waals surface area contributed by atoms with Gasteiger partial charge < -0.3 is 4.90 Å². The van der Waals surface area contributed by atoms with Crippen LogP contribution >= 0.6 is 23.3 Å². The van der Waals surface area contributed by atoms with Crippen LogP contribution in [0.25, 0.3) is 0 Å². The molecular weight excluding hydrogens is 302 g/mol. The maximum atomic E-state index is 4.28. The van der Waals surface area contributed by atoms with Gasteiger partial charge in [0.15, 0.2) is 0 Å². The molecule has 0 unspecified atom stereocenters. The lowest BCUT2D eigenvalue weighted by atomic mass is 10.1. The highest BCUT2D eigenvalue weighted by atomic mass is 32.2. The van der Waals surface area contributed by atoms with Gasteiger partial charge in [0, 0.05) is 30.3 Å². The van der Waals surface area contributed by atoms with Crippen molar-refractivity contribution < 1.29 is 0 Å². The first-order valence-corrected chi connectivity index (χ1v) is 8.82. The van der Waals surface area contributed by atoms with Crippen molar-refractivity contribution in [2.45, 2.75) is 25.9 Å². The summed E-state index contributed by atoms with van der Waals surface area (Å²) in [4.78, 5) is 6.56. The van der Waals surface area contributed by atoms with Crippen molar-refractivity contribution in [2.24, 2.45) is 10.2 Å². The maximum Gasteiger partial charge on any atom is 0.250 e. The van der Waals surface area contributed by atoms with E-state index in [2.05, 4.69) is 57.4 Å². The fourth-order valence-corrected chi connectivity index (χ4v) is 3.01. The standard InChI is InChI=1S/C14H19N5S2/c1-5-19(6-2)11-7-8-12(10(3)9-11)16-17-13-15-14(20-4)18-21-13/h7-9H,5-6H2,1-4H3/b17-16+. The molecule has 0 radical (unpaired) electrons. The molecule has 0 fully saturated rings. The summed E-state index contributed by atoms with van der Waals surface area (Å²) in [5, 5.41) is 9.77. The van der Waals surface area contributed by atoms with Crippen LogP contribution in [-0.2, 0) is 0 Å². The molecule has 1 aromatic carbocycles. The zero-order valence-corrected chi connectivity index (χ0v) is 14.3. The fourth-order valence-electron chi connectivity index (χ4n) is 1.96. The molecule has 0 spiro atoms. The molecule has 0 N–H and O–H groups in total. The van der Waals surface area contributed by atoms with Crippen LogP contribution in [0.3, 0.4) is 0 Å². The fraction of sp³-hybridized carbons (Fsp3) is 0.429. The van der Waals surface area contributed by atoms with Gasteiger partial charge in [-0.05, 0) is 50.8 Å². The van der Waals surface area contributed by atoms with Gasteiger partial charge in [-0.3, -0.25) is 0 Å². The second kappa shape index (κ2) is 7.51. The van der Waals surface area contributed by atoms with Crippen molar-refractivity contribution >= 4 is 39.8 Å². The molecule has 0 saturated carbocycles. The highest BCUT2D eigenvalue weighted by molar-refractivity contribution is 7.98. The Morgan fingerprint density at radius 1 is 1.24 bits per heavy atom. The number of thioether (sulfide) groups is 1. The summed E-state index contributed by atoms with van der Waals surface area (Å²) < 4.78 is 4.16. The lowest BCUT2D eigenvalue weighted by molar-refractivity contribution is 0.865. The van der Waals surface area contributed by atoms with Crippen LogP contribution in [-0.4, -0.2) is 28.7 Å². The van der Waals surface area contributed by atoms with E-state index < -0.39 is 0 Å². The number of anilines is 1. The quantitative estimate of drug-likeness (QED) is 0.565. The van der Waals surface area contributed by atoms with Gasteiger partial charge in [0.1, 0.15) is 0 Å². The van der Waals surface area contributed by atoms with Gasteiger partial charge >= 0.3 is 0 Å². The Bertz CT molecular complexity index is 620. The summed E-state index contributed by atoms with van der Waals surface area (Å²) in [5.41, 5.74) is 3.20. The molecule has 7 heteroatoms. The van der Waals surface area contributed by atoms with Gasteiger partial charge in [-0.25, -0.2) is 0 Å². The minimum atomic E-state index is 0.589. The minimum Gasteiger partial charge on any atom is -0.372 e. The monoisotopic (exact) mass is 321 g/mol. The summed E-state index contributed by atoms with van der Waals surface area (Å²) in [7, 11) is 0. The Labute approximate surface area is 133 Å². The maximum absolute atomic E-state index is 4.28. The van der Waals surface area contributed by atoms with E-state index in [4.69, 9.17) is 0 Å². The Morgan fingerprint density at radius 2 is 2.00 bits per heavy atom. The van der Waals surface area contributed by atoms with Crippen molar-refractivity contribution in [1.82, 2.24) is 9.36 Å². The number of nitrogens with zero attached hydrogens (tertiary/aromatic N) is 5. The molecule has 21 heavy (non-hydrogen) atoms. The first-order chi connectivity index (χ1) is 10.2. The molecule has 0 saturated heterocycles. The van der Waals surface area contributed by atoms with Crippen LogP contribution in [0.2, 0.25) is 0 Å². The van der Waals surface area contributed by atoms with E-state index in [0.29, 0.717) is 5.13 Å². The van der Waals surface area contributed by atoms with Crippen LogP contribution in [0.15, 0.2) is 33.6 Å². The summed E-state index contributed by atoms with van der Waals surface area (Å²) in [6, 6.07) is 6.24. The molecule has 2 aromatic rings. The minimum absolute atomic E-state index is 0.589. The van der Waals surface area contributed by atoms with Crippen molar-refractivity contribution in [3.8, 4) is 0 Å². The second-order valence-corrected chi connectivity index (χ2v) is 5.91. The molecule has 112 valence electrons. The van der Waals surface area contributed by atoms with Crippen molar-refractivity contribution in [2.75, 3.05) is 24.2 Å². The molecular formula is C14H19N5S2. The average molecular weight is 321 g/mol. The molecule has 1 aromatic heterocycles. The average Bonchev–Trinajstić information content (AvgIpc) is 2.96. The van der Waals surface area contributed by atoms with Gasteiger partial charge in [0.2, 0.25) is 10.3 Å². The van der Waals surface area contributed by atoms with Crippen LogP contribution in [0, 0.1) is 6.92 Å². The van der Waals surface area contributed by atoms with Gasteiger partial charge in [0.05, 0.1) is 5.69 Å². The lowest BCUT2D eigenvalue weighted by Crippen LogP contribution is -2.21. The van der Waals surface area contributed by atoms with E-state index in [-0.39, 0.29) is 0 Å². The Kier molecular flexibility index (Phi) is 5.69. The topological polar surface area (TPSA) is 53.7 Å². The van der Waals surface area contributed by atoms with Gasteiger partial charge in [-0.2, -0.15) is 9.36 Å². The SMILES string of the molecule is CCN(CC)c1ccc(/N=N/c2nc(SC)ns2)c(C)c1. The molecule has 2 rings (SSSR count). The molecule has 0 bridgehead atoms. The predicted octanol–water partition coefficient (Wildman–Crippen LogP) is 4.83. The summed E-state index contributed by atoms with van der Waals surface area (Å²) in [6.07, 6.45) is 1.94. The third kappa shape index (κ3) is 4.01. The van der Waals surface area contributed by atoms with E-state index in [9.17, 15) is 0 Å². The van der Waals surface area contributed by atoms with Crippen molar-refractivity contribution in [3.05, 3.63) is 23.8 Å². The van der Waals surface area contributed by atoms with Gasteiger partial charge in [0.25, 0.3) is 0 Å². The molecule has 1 heterocycles. The predicted molar refractivity (Wildman–Crippen MR) is 90.6 cm³/mol. The van der Waals surface area contributed by atoms with Crippen LogP contribution in [0.1, 0.15) is 19.4 Å². The first kappa shape index (κ1) is 15.9. The Balaban J connectivity index is 2.17. The third-order valence-corrected chi connectivity index (χ3v) is 4.40. The highest BCUT2D eigenvalue weighted by Gasteiger charge is 2.05. The van der Waals surface area contributed by atoms with Crippen molar-refractivity contribution in [3.63, 3.8) is 0 Å². The van der Waals surface area contributed by atoms with E-state index in [1.165, 1.54) is 29.0 Å². The first-order valence-electron chi connectivity index (χ1n) is 6.83. The van der Waals surface area contributed by atoms with E-state index in [1.807, 2.05) is 12.3 Å². The lowest BCUT2D eigenvalue weighted by Gasteiger charge is -2.21. The number of hydrogen-bond acceptors (Lipinski definition) is 7. The zero-order valence-electron chi connectivity index (χ0n) is 12.7. The molecule has 0 amide bonds. The second-order valence-electron chi connectivity index (χ2n) is 4.41. The van der Waals surface area contributed by atoms with Gasteiger partial charge in [-0.1, -0.05) is 11.8 Å². The molecule has 0 aliphatic carbocycles. The van der Waals surface area contributed by atoms with Crippen LogP contribution in [0.4, 0.5) is 16.5 Å². The normalized spacial score (nSPS) is 11.2. The molecule has 5 nitrogen and oxygen atoms in total. The largest absolute Gasteiger partial charge is 0.372 e. The Hall–Kier alpha value is -1.47. The summed E-state index contributed by atoms with van der Waals surface area (Å²) in [6.45, 7) is 8.36. The summed E-state index contributed by atoms with van der Waals surface area (Å²) >= 11 is 2.77. The van der Waals surface area contributed by atoms with Gasteiger partial charge in [-0.15, -0.1) is 10.2 Å². The number of hydrogen-bond donors (Lipinski definition) is 0. The van der Waals surface area contributed by atoms with Crippen LogP contribution in [0.5, 0.6) is 0 Å². The Morgan fingerprint density at radius 3 is 2.57 bits per heavy atom. The highest BCUT2D eigenvalue weighted by Crippen LogP contribution is 2.27. The van der Waals surface area contributed by atoms with Crippen molar-refractivity contribution in [1.29, 1.82) is 0 Å². The smallest absolute Gasteiger partial charge is 0.250 e. The number of rotatable bonds is 6.